The quantitative estimate of drug-likeness (QED) is 0.499. The fourth-order valence-corrected chi connectivity index (χ4v) is 3.05. The molecule has 0 saturated heterocycles. The van der Waals surface area contributed by atoms with Gasteiger partial charge in [-0.2, -0.15) is 0 Å². The first kappa shape index (κ1) is 18.7. The molecule has 31 heavy (non-hydrogen) atoms. The Balaban J connectivity index is 1.29. The summed E-state index contributed by atoms with van der Waals surface area (Å²) in [6.07, 6.45) is 9.78. The normalized spacial score (nSPS) is 13.0. The highest BCUT2D eigenvalue weighted by molar-refractivity contribution is 6.02. The molecule has 1 aromatic carbocycles. The molecule has 1 aliphatic rings. The molecule has 154 valence electrons. The minimum atomic E-state index is -0.356. The van der Waals surface area contributed by atoms with Gasteiger partial charge in [-0.1, -0.05) is 6.07 Å². The van der Waals surface area contributed by atoms with Crippen molar-refractivity contribution in [1.29, 1.82) is 0 Å². The first-order chi connectivity index (χ1) is 15.1. The van der Waals surface area contributed by atoms with Gasteiger partial charge >= 0.3 is 0 Å². The zero-order chi connectivity index (χ0) is 21.2. The van der Waals surface area contributed by atoms with Crippen LogP contribution in [0.1, 0.15) is 23.3 Å². The minimum absolute atomic E-state index is 0.0141. The van der Waals surface area contributed by atoms with Crippen molar-refractivity contribution in [2.45, 2.75) is 12.8 Å². The van der Waals surface area contributed by atoms with Gasteiger partial charge in [0.05, 0.1) is 18.6 Å². The van der Waals surface area contributed by atoms with E-state index in [1.54, 1.807) is 47.1 Å². The molecule has 4 aromatic rings. The molecule has 2 N–H and O–H groups in total. The van der Waals surface area contributed by atoms with Crippen LogP contribution in [0.25, 0.3) is 5.65 Å². The Hall–Kier alpha value is -4.27. The lowest BCUT2D eigenvalue weighted by atomic mass is 10.3. The number of ether oxygens (including phenoxy) is 1. The number of fused-ring (bicyclic) bond motifs is 1. The summed E-state index contributed by atoms with van der Waals surface area (Å²) in [6, 6.07) is 10.6. The van der Waals surface area contributed by atoms with Crippen LogP contribution in [0.2, 0.25) is 0 Å². The first-order valence-electron chi connectivity index (χ1n) is 9.79. The summed E-state index contributed by atoms with van der Waals surface area (Å²) < 4.78 is 7.73. The second-order valence-corrected chi connectivity index (χ2v) is 7.19. The molecule has 0 aliphatic heterocycles. The molecule has 1 saturated carbocycles. The monoisotopic (exact) mass is 414 g/mol. The van der Waals surface area contributed by atoms with Crippen molar-refractivity contribution in [3.8, 4) is 11.5 Å². The third kappa shape index (κ3) is 4.35. The Morgan fingerprint density at radius 2 is 1.94 bits per heavy atom. The molecule has 3 heterocycles. The molecule has 9 heteroatoms. The van der Waals surface area contributed by atoms with Crippen LogP contribution in [0.5, 0.6) is 11.5 Å². The maximum Gasteiger partial charge on any atom is 0.275 e. The van der Waals surface area contributed by atoms with Gasteiger partial charge in [0.2, 0.25) is 5.91 Å². The highest BCUT2D eigenvalue weighted by Crippen LogP contribution is 2.30. The standard InChI is InChI=1S/C22H18N6O3/c29-21(14-4-5-14)27-19-13-28-12-17(6-7-20(28)26-19)31-16-3-1-2-15(10-16)25-22(30)18-11-23-8-9-24-18/h1-3,6-14H,4-5H2,(H,25,30)(H,27,29). The number of rotatable bonds is 6. The minimum Gasteiger partial charge on any atom is -0.456 e. The lowest BCUT2D eigenvalue weighted by Crippen LogP contribution is -2.13. The number of benzene rings is 1. The van der Waals surface area contributed by atoms with Crippen molar-refractivity contribution in [1.82, 2.24) is 19.4 Å². The summed E-state index contributed by atoms with van der Waals surface area (Å²) in [7, 11) is 0. The van der Waals surface area contributed by atoms with E-state index in [1.807, 2.05) is 6.07 Å². The summed E-state index contributed by atoms with van der Waals surface area (Å²) in [5, 5.41) is 5.61. The van der Waals surface area contributed by atoms with Crippen LogP contribution in [0, 0.1) is 5.92 Å². The average Bonchev–Trinajstić information content (AvgIpc) is 3.55. The summed E-state index contributed by atoms with van der Waals surface area (Å²) in [5.41, 5.74) is 1.49. The van der Waals surface area contributed by atoms with E-state index >= 15 is 0 Å². The van der Waals surface area contributed by atoms with Gasteiger partial charge < -0.3 is 19.8 Å². The van der Waals surface area contributed by atoms with Gasteiger partial charge in [-0.3, -0.25) is 14.6 Å². The lowest BCUT2D eigenvalue weighted by molar-refractivity contribution is -0.117. The molecule has 0 atom stereocenters. The van der Waals surface area contributed by atoms with Crippen LogP contribution in [-0.2, 0) is 4.79 Å². The number of nitrogens with zero attached hydrogens (tertiary/aromatic N) is 4. The van der Waals surface area contributed by atoms with Crippen LogP contribution in [0.4, 0.5) is 11.5 Å². The van der Waals surface area contributed by atoms with Crippen LogP contribution in [0.15, 0.2) is 67.4 Å². The number of amides is 2. The van der Waals surface area contributed by atoms with Gasteiger partial charge in [-0.15, -0.1) is 0 Å². The van der Waals surface area contributed by atoms with Crippen molar-refractivity contribution >= 4 is 29.0 Å². The van der Waals surface area contributed by atoms with Crippen molar-refractivity contribution in [3.05, 3.63) is 73.1 Å². The van der Waals surface area contributed by atoms with Crippen molar-refractivity contribution in [2.75, 3.05) is 10.6 Å². The summed E-state index contributed by atoms with van der Waals surface area (Å²) in [4.78, 5) is 36.5. The zero-order valence-electron chi connectivity index (χ0n) is 16.4. The van der Waals surface area contributed by atoms with Gasteiger partial charge in [-0.25, -0.2) is 9.97 Å². The van der Waals surface area contributed by atoms with Gasteiger partial charge in [0.15, 0.2) is 5.82 Å². The highest BCUT2D eigenvalue weighted by Gasteiger charge is 2.30. The fourth-order valence-electron chi connectivity index (χ4n) is 3.05. The molecule has 1 fully saturated rings. The van der Waals surface area contributed by atoms with Gasteiger partial charge in [0, 0.05) is 30.1 Å². The van der Waals surface area contributed by atoms with E-state index < -0.39 is 0 Å². The topological polar surface area (TPSA) is 111 Å². The molecule has 0 spiro atoms. The molecule has 2 amide bonds. The van der Waals surface area contributed by atoms with E-state index in [1.165, 1.54) is 18.6 Å². The molecule has 9 nitrogen and oxygen atoms in total. The first-order valence-corrected chi connectivity index (χ1v) is 9.79. The lowest BCUT2D eigenvalue weighted by Gasteiger charge is -2.09. The Labute approximate surface area is 177 Å². The molecule has 5 rings (SSSR count). The van der Waals surface area contributed by atoms with E-state index in [-0.39, 0.29) is 23.4 Å². The van der Waals surface area contributed by atoms with Gasteiger partial charge in [-0.05, 0) is 37.1 Å². The smallest absolute Gasteiger partial charge is 0.275 e. The second-order valence-electron chi connectivity index (χ2n) is 7.19. The van der Waals surface area contributed by atoms with Crippen molar-refractivity contribution in [3.63, 3.8) is 0 Å². The van der Waals surface area contributed by atoms with E-state index in [2.05, 4.69) is 25.6 Å². The van der Waals surface area contributed by atoms with E-state index in [9.17, 15) is 9.59 Å². The molecule has 0 unspecified atom stereocenters. The third-order valence-electron chi connectivity index (χ3n) is 4.75. The van der Waals surface area contributed by atoms with Crippen LogP contribution >= 0.6 is 0 Å². The van der Waals surface area contributed by atoms with E-state index in [0.717, 1.165) is 12.8 Å². The van der Waals surface area contributed by atoms with Crippen molar-refractivity contribution < 1.29 is 14.3 Å². The maximum absolute atomic E-state index is 12.3. The molecule has 3 aromatic heterocycles. The average molecular weight is 414 g/mol. The fraction of sp³-hybridized carbons (Fsp3) is 0.136. The molecule has 0 radical (unpaired) electrons. The third-order valence-corrected chi connectivity index (χ3v) is 4.75. The van der Waals surface area contributed by atoms with E-state index in [0.29, 0.717) is 28.7 Å². The number of imidazole rings is 1. The number of aromatic nitrogens is 4. The number of hydrogen-bond acceptors (Lipinski definition) is 6. The van der Waals surface area contributed by atoms with Crippen LogP contribution < -0.4 is 15.4 Å². The predicted octanol–water partition coefficient (Wildman–Crippen LogP) is 3.52. The highest BCUT2D eigenvalue weighted by atomic mass is 16.5. The summed E-state index contributed by atoms with van der Waals surface area (Å²) >= 11 is 0. The van der Waals surface area contributed by atoms with E-state index in [4.69, 9.17) is 4.74 Å². The largest absolute Gasteiger partial charge is 0.456 e. The number of hydrogen-bond donors (Lipinski definition) is 2. The number of nitrogens with one attached hydrogen (secondary N) is 2. The Kier molecular flexibility index (Phi) is 4.75. The maximum atomic E-state index is 12.3. The molecule has 0 bridgehead atoms. The molecular weight excluding hydrogens is 396 g/mol. The zero-order valence-corrected chi connectivity index (χ0v) is 16.4. The summed E-state index contributed by atoms with van der Waals surface area (Å²) in [5.74, 6) is 1.43. The van der Waals surface area contributed by atoms with Crippen molar-refractivity contribution in [2.24, 2.45) is 5.92 Å². The molecular formula is C22H18N6O3. The number of carbonyl (C=O) groups is 2. The number of carbonyl (C=O) groups excluding carboxylic acids is 2. The Morgan fingerprint density at radius 3 is 2.74 bits per heavy atom. The number of anilines is 2. The van der Waals surface area contributed by atoms with Crippen LogP contribution in [0.3, 0.4) is 0 Å². The number of pyridine rings is 1. The van der Waals surface area contributed by atoms with Gasteiger partial charge in [0.1, 0.15) is 22.8 Å². The molecule has 1 aliphatic carbocycles. The van der Waals surface area contributed by atoms with Crippen LogP contribution in [-0.4, -0.2) is 31.2 Å². The predicted molar refractivity (Wildman–Crippen MR) is 113 cm³/mol. The second kappa shape index (κ2) is 7.86. The Bertz CT molecular complexity index is 1270. The van der Waals surface area contributed by atoms with Gasteiger partial charge in [0.25, 0.3) is 5.91 Å². The Morgan fingerprint density at radius 1 is 1.03 bits per heavy atom. The SMILES string of the molecule is O=C(Nc1cccc(Oc2ccc3nc(NC(=O)C4CC4)cn3c2)c1)c1cnccn1. The summed E-state index contributed by atoms with van der Waals surface area (Å²) in [6.45, 7) is 0.